The zero-order valence-corrected chi connectivity index (χ0v) is 13.7. The first kappa shape index (κ1) is 14.0. The van der Waals surface area contributed by atoms with Crippen molar-refractivity contribution in [2.45, 2.75) is 55.8 Å². The molecule has 5 nitrogen and oxygen atoms in total. The maximum absolute atomic E-state index is 4.54. The molecule has 0 atom stereocenters. The van der Waals surface area contributed by atoms with Gasteiger partial charge in [0.25, 0.3) is 0 Å². The van der Waals surface area contributed by atoms with Crippen LogP contribution in [0.5, 0.6) is 0 Å². The Hall–Kier alpha value is -0.950. The van der Waals surface area contributed by atoms with Crippen LogP contribution in [0.1, 0.15) is 37.8 Å². The van der Waals surface area contributed by atoms with Gasteiger partial charge in [-0.1, -0.05) is 13.3 Å². The van der Waals surface area contributed by atoms with Crippen LogP contribution in [0.15, 0.2) is 20.9 Å². The highest BCUT2D eigenvalue weighted by molar-refractivity contribution is 9.10. The Kier molecular flexibility index (Phi) is 4.35. The molecule has 0 aromatic carbocycles. The molecule has 0 saturated carbocycles. The molecule has 7 heteroatoms. The molecule has 0 fully saturated rings. The monoisotopic (exact) mass is 353 g/mol. The summed E-state index contributed by atoms with van der Waals surface area (Å²) in [5.41, 5.74) is 0. The van der Waals surface area contributed by atoms with Crippen LogP contribution in [0, 0.1) is 0 Å². The summed E-state index contributed by atoms with van der Waals surface area (Å²) in [6.45, 7) is 3.07. The van der Waals surface area contributed by atoms with Crippen molar-refractivity contribution in [1.29, 1.82) is 0 Å². The molecule has 0 N–H and O–H groups in total. The van der Waals surface area contributed by atoms with E-state index in [0.717, 1.165) is 45.8 Å². The van der Waals surface area contributed by atoms with Crippen LogP contribution in [0.25, 0.3) is 0 Å². The summed E-state index contributed by atoms with van der Waals surface area (Å²) in [6, 6.07) is 1.93. The Bertz CT molecular complexity index is 613. The molecule has 0 spiro atoms. The van der Waals surface area contributed by atoms with Crippen LogP contribution >= 0.6 is 27.7 Å². The Labute approximate surface area is 130 Å². The van der Waals surface area contributed by atoms with Gasteiger partial charge in [0.1, 0.15) is 21.3 Å². The Morgan fingerprint density at radius 3 is 3.00 bits per heavy atom. The van der Waals surface area contributed by atoms with Gasteiger partial charge in [0, 0.05) is 25.5 Å². The second kappa shape index (κ2) is 6.22. The summed E-state index contributed by atoms with van der Waals surface area (Å²) in [6.07, 6.45) is 5.53. The lowest BCUT2D eigenvalue weighted by molar-refractivity contribution is 0.590. The smallest absolute Gasteiger partial charge is 0.197 e. The fourth-order valence-corrected chi connectivity index (χ4v) is 3.75. The zero-order chi connectivity index (χ0) is 13.9. The first-order chi connectivity index (χ1) is 9.76. The Balaban J connectivity index is 1.88. The van der Waals surface area contributed by atoms with E-state index in [1.165, 1.54) is 19.3 Å². The number of rotatable bonds is 3. The number of hydrogen-bond acceptors (Lipinski definition) is 5. The minimum Gasteiger partial charge on any atom is -0.306 e. The van der Waals surface area contributed by atoms with E-state index in [1.54, 1.807) is 11.8 Å². The molecule has 2 aromatic heterocycles. The van der Waals surface area contributed by atoms with Crippen LogP contribution in [-0.2, 0) is 19.4 Å². The molecule has 106 valence electrons. The summed E-state index contributed by atoms with van der Waals surface area (Å²) in [4.78, 5) is 8.87. The third kappa shape index (κ3) is 3.03. The van der Waals surface area contributed by atoms with Gasteiger partial charge in [-0.25, -0.2) is 9.97 Å². The summed E-state index contributed by atoms with van der Waals surface area (Å²) in [5.74, 6) is 1.95. The number of aryl methyl sites for hydroxylation is 2. The van der Waals surface area contributed by atoms with Crippen molar-refractivity contribution in [3.05, 3.63) is 22.3 Å². The maximum atomic E-state index is 4.54. The maximum Gasteiger partial charge on any atom is 0.197 e. The number of aromatic nitrogens is 5. The van der Waals surface area contributed by atoms with E-state index < -0.39 is 0 Å². The van der Waals surface area contributed by atoms with Crippen molar-refractivity contribution in [1.82, 2.24) is 24.7 Å². The van der Waals surface area contributed by atoms with E-state index >= 15 is 0 Å². The van der Waals surface area contributed by atoms with E-state index in [2.05, 4.69) is 47.6 Å². The third-order valence-electron chi connectivity index (χ3n) is 3.31. The molecule has 0 aliphatic carbocycles. The van der Waals surface area contributed by atoms with Gasteiger partial charge in [0.15, 0.2) is 5.16 Å². The summed E-state index contributed by atoms with van der Waals surface area (Å²) in [7, 11) is 0. The first-order valence-corrected chi connectivity index (χ1v) is 8.50. The average Bonchev–Trinajstić information content (AvgIpc) is 2.67. The van der Waals surface area contributed by atoms with Crippen molar-refractivity contribution in [2.24, 2.45) is 0 Å². The normalized spacial score (nSPS) is 14.9. The van der Waals surface area contributed by atoms with Gasteiger partial charge < -0.3 is 4.57 Å². The molecule has 1 aliphatic rings. The Morgan fingerprint density at radius 1 is 1.25 bits per heavy atom. The Morgan fingerprint density at radius 2 is 2.15 bits per heavy atom. The van der Waals surface area contributed by atoms with Gasteiger partial charge in [-0.2, -0.15) is 0 Å². The van der Waals surface area contributed by atoms with Crippen molar-refractivity contribution >= 4 is 27.7 Å². The molecule has 3 heterocycles. The molecular weight excluding hydrogens is 338 g/mol. The minimum absolute atomic E-state index is 0.822. The molecule has 0 radical (unpaired) electrons. The average molecular weight is 354 g/mol. The molecule has 0 amide bonds. The number of halogens is 1. The van der Waals surface area contributed by atoms with E-state index in [9.17, 15) is 0 Å². The largest absolute Gasteiger partial charge is 0.306 e. The topological polar surface area (TPSA) is 56.5 Å². The lowest BCUT2D eigenvalue weighted by atomic mass is 10.2. The SMILES string of the molecule is CCc1nc(Br)cc(Sc2nnc3n2CCCCC3)n1. The number of hydrogen-bond donors (Lipinski definition) is 0. The highest BCUT2D eigenvalue weighted by Gasteiger charge is 2.16. The fourth-order valence-electron chi connectivity index (χ4n) is 2.28. The van der Waals surface area contributed by atoms with Gasteiger partial charge in [-0.05, 0) is 40.5 Å². The van der Waals surface area contributed by atoms with Crippen molar-refractivity contribution in [3.8, 4) is 0 Å². The summed E-state index contributed by atoms with van der Waals surface area (Å²) in [5, 5.41) is 10.5. The van der Waals surface area contributed by atoms with Crippen LogP contribution in [-0.4, -0.2) is 24.7 Å². The lowest BCUT2D eigenvalue weighted by Crippen LogP contribution is -2.02. The molecule has 2 aromatic rings. The zero-order valence-electron chi connectivity index (χ0n) is 11.3. The van der Waals surface area contributed by atoms with Gasteiger partial charge >= 0.3 is 0 Å². The lowest BCUT2D eigenvalue weighted by Gasteiger charge is -2.06. The van der Waals surface area contributed by atoms with Gasteiger partial charge in [-0.3, -0.25) is 0 Å². The molecule has 20 heavy (non-hydrogen) atoms. The van der Waals surface area contributed by atoms with Crippen LogP contribution < -0.4 is 0 Å². The quantitative estimate of drug-likeness (QED) is 0.792. The van der Waals surface area contributed by atoms with E-state index in [4.69, 9.17) is 0 Å². The first-order valence-electron chi connectivity index (χ1n) is 6.89. The second-order valence-electron chi connectivity index (χ2n) is 4.76. The number of fused-ring (bicyclic) bond motifs is 1. The highest BCUT2D eigenvalue weighted by Crippen LogP contribution is 2.28. The van der Waals surface area contributed by atoms with Crippen molar-refractivity contribution < 1.29 is 0 Å². The van der Waals surface area contributed by atoms with Crippen molar-refractivity contribution in [2.75, 3.05) is 0 Å². The molecule has 0 unspecified atom stereocenters. The van der Waals surface area contributed by atoms with E-state index in [0.29, 0.717) is 0 Å². The van der Waals surface area contributed by atoms with Gasteiger partial charge in [-0.15, -0.1) is 10.2 Å². The van der Waals surface area contributed by atoms with Crippen molar-refractivity contribution in [3.63, 3.8) is 0 Å². The summed E-state index contributed by atoms with van der Waals surface area (Å²) >= 11 is 5.01. The molecule has 1 aliphatic heterocycles. The van der Waals surface area contributed by atoms with Crippen LogP contribution in [0.2, 0.25) is 0 Å². The molecule has 3 rings (SSSR count). The summed E-state index contributed by atoms with van der Waals surface area (Å²) < 4.78 is 3.06. The van der Waals surface area contributed by atoms with Gasteiger partial charge in [0.2, 0.25) is 0 Å². The molecule has 0 saturated heterocycles. The van der Waals surface area contributed by atoms with Gasteiger partial charge in [0.05, 0.1) is 0 Å². The predicted molar refractivity (Wildman–Crippen MR) is 80.8 cm³/mol. The molecule has 0 bridgehead atoms. The minimum atomic E-state index is 0.822. The van der Waals surface area contributed by atoms with E-state index in [1.807, 2.05) is 6.07 Å². The second-order valence-corrected chi connectivity index (χ2v) is 6.56. The standard InChI is InChI=1S/C13H16BrN5S/c1-2-10-15-9(14)8-12(16-10)20-13-18-17-11-6-4-3-5-7-19(11)13/h8H,2-7H2,1H3. The number of nitrogens with zero attached hydrogens (tertiary/aromatic N) is 5. The van der Waals surface area contributed by atoms with E-state index in [-0.39, 0.29) is 0 Å². The van der Waals surface area contributed by atoms with Crippen LogP contribution in [0.3, 0.4) is 0 Å². The molecular formula is C13H16BrN5S. The fraction of sp³-hybridized carbons (Fsp3) is 0.538. The highest BCUT2D eigenvalue weighted by atomic mass is 79.9. The third-order valence-corrected chi connectivity index (χ3v) is 4.61. The predicted octanol–water partition coefficient (Wildman–Crippen LogP) is 3.27. The van der Waals surface area contributed by atoms with Crippen LogP contribution in [0.4, 0.5) is 0 Å².